The van der Waals surface area contributed by atoms with E-state index in [1.165, 1.54) is 23.9 Å². The lowest BCUT2D eigenvalue weighted by Gasteiger charge is -2.28. The molecule has 0 fully saturated rings. The van der Waals surface area contributed by atoms with E-state index in [0.29, 0.717) is 34.3 Å². The summed E-state index contributed by atoms with van der Waals surface area (Å²) in [6.07, 6.45) is 0. The zero-order valence-corrected chi connectivity index (χ0v) is 21.3. The quantitative estimate of drug-likeness (QED) is 0.312. The van der Waals surface area contributed by atoms with Gasteiger partial charge in [-0.3, -0.25) is 0 Å². The van der Waals surface area contributed by atoms with E-state index in [9.17, 15) is 9.18 Å². The molecule has 0 radical (unpaired) electrons. The average Bonchev–Trinajstić information content (AvgIpc) is 3.39. The molecule has 0 spiro atoms. The molecule has 5 rings (SSSR count). The molecule has 0 saturated carbocycles. The van der Waals surface area contributed by atoms with Gasteiger partial charge in [0, 0.05) is 11.3 Å². The molecular weight excluding hydrogens is 513 g/mol. The Morgan fingerprint density at radius 3 is 2.66 bits per heavy atom. The number of carbonyl (C=O) groups excluding carboxylic acids is 1. The Labute approximate surface area is 222 Å². The second kappa shape index (κ2) is 10.9. The van der Waals surface area contributed by atoms with Crippen molar-refractivity contribution in [3.8, 4) is 11.5 Å². The summed E-state index contributed by atoms with van der Waals surface area (Å²) in [6, 6.07) is 18.3. The molecule has 1 aromatic heterocycles. The largest absolute Gasteiger partial charge is 0.493 e. The normalized spacial score (nSPS) is 14.5. The van der Waals surface area contributed by atoms with E-state index in [1.807, 2.05) is 30.3 Å². The van der Waals surface area contributed by atoms with E-state index >= 15 is 0 Å². The standard InChI is InChI=1S/C27H23ClFN5O4/c1-16-24(26(35)38-14-17-7-4-3-5-8-17)25(34-27(30-16)31-32-33-34)18-11-12-22(23(13-18)36-2)37-15-19-20(28)9-6-10-21(19)29/h3-13,25H,14-15H2,1-2H3,(H,30,31,33). The molecule has 0 bridgehead atoms. The van der Waals surface area contributed by atoms with Gasteiger partial charge in [-0.05, 0) is 52.7 Å². The first kappa shape index (κ1) is 25.2. The molecule has 38 heavy (non-hydrogen) atoms. The van der Waals surface area contributed by atoms with E-state index in [1.54, 1.807) is 31.2 Å². The number of carbonyl (C=O) groups is 1. The van der Waals surface area contributed by atoms with Gasteiger partial charge >= 0.3 is 5.97 Å². The molecule has 3 aromatic carbocycles. The van der Waals surface area contributed by atoms with Gasteiger partial charge < -0.3 is 19.5 Å². The van der Waals surface area contributed by atoms with Crippen LogP contribution >= 0.6 is 11.6 Å². The van der Waals surface area contributed by atoms with Gasteiger partial charge in [0.2, 0.25) is 5.95 Å². The fourth-order valence-electron chi connectivity index (χ4n) is 4.18. The van der Waals surface area contributed by atoms with Crippen LogP contribution in [-0.2, 0) is 22.7 Å². The van der Waals surface area contributed by atoms with Gasteiger partial charge in [-0.1, -0.05) is 59.2 Å². The van der Waals surface area contributed by atoms with Gasteiger partial charge in [0.05, 0.1) is 17.7 Å². The van der Waals surface area contributed by atoms with Crippen LogP contribution in [0.15, 0.2) is 78.0 Å². The Hall–Kier alpha value is -4.44. The van der Waals surface area contributed by atoms with Crippen LogP contribution in [0.3, 0.4) is 0 Å². The Bertz CT molecular complexity index is 1490. The van der Waals surface area contributed by atoms with Crippen molar-refractivity contribution in [3.05, 3.63) is 106 Å². The summed E-state index contributed by atoms with van der Waals surface area (Å²) in [5.74, 6) is 0.139. The lowest BCUT2D eigenvalue weighted by Crippen LogP contribution is -2.29. The third-order valence-electron chi connectivity index (χ3n) is 6.08. The SMILES string of the molecule is COc1cc(C2C(C(=O)OCc3ccccc3)=C(C)Nc3nnnn32)ccc1OCc1c(F)cccc1Cl. The van der Waals surface area contributed by atoms with Crippen LogP contribution in [0, 0.1) is 5.82 Å². The highest BCUT2D eigenvalue weighted by Gasteiger charge is 2.35. The molecule has 0 amide bonds. The number of benzene rings is 3. The van der Waals surface area contributed by atoms with Crippen molar-refractivity contribution in [1.29, 1.82) is 0 Å². The van der Waals surface area contributed by atoms with Crippen LogP contribution in [0.1, 0.15) is 29.7 Å². The molecule has 1 N–H and O–H groups in total. The summed E-state index contributed by atoms with van der Waals surface area (Å²) >= 11 is 6.13. The summed E-state index contributed by atoms with van der Waals surface area (Å²) < 4.78 is 32.8. The Morgan fingerprint density at radius 1 is 1.08 bits per heavy atom. The van der Waals surface area contributed by atoms with Crippen LogP contribution in [0.25, 0.3) is 0 Å². The summed E-state index contributed by atoms with van der Waals surface area (Å²) in [6.45, 7) is 1.78. The summed E-state index contributed by atoms with van der Waals surface area (Å²) in [4.78, 5) is 13.3. The lowest BCUT2D eigenvalue weighted by molar-refractivity contribution is -0.140. The van der Waals surface area contributed by atoms with Crippen molar-refractivity contribution in [2.45, 2.75) is 26.2 Å². The number of ether oxygens (including phenoxy) is 3. The number of tetrazole rings is 1. The predicted molar refractivity (Wildman–Crippen MR) is 137 cm³/mol. The molecular formula is C27H23ClFN5O4. The van der Waals surface area contributed by atoms with Crippen molar-refractivity contribution < 1.29 is 23.4 Å². The molecule has 194 valence electrons. The first-order chi connectivity index (χ1) is 18.5. The molecule has 1 aliphatic heterocycles. The number of aromatic nitrogens is 4. The second-order valence-electron chi connectivity index (χ2n) is 8.47. The van der Waals surface area contributed by atoms with E-state index in [2.05, 4.69) is 20.8 Å². The summed E-state index contributed by atoms with van der Waals surface area (Å²) in [5, 5.41) is 15.2. The first-order valence-electron chi connectivity index (χ1n) is 11.7. The molecule has 1 atom stereocenters. The van der Waals surface area contributed by atoms with Crippen molar-refractivity contribution in [2.75, 3.05) is 12.4 Å². The van der Waals surface area contributed by atoms with Crippen molar-refractivity contribution in [3.63, 3.8) is 0 Å². The van der Waals surface area contributed by atoms with E-state index in [0.717, 1.165) is 5.56 Å². The molecule has 0 saturated heterocycles. The van der Waals surface area contributed by atoms with E-state index in [4.69, 9.17) is 25.8 Å². The Kier molecular flexibility index (Phi) is 7.23. The van der Waals surface area contributed by atoms with E-state index < -0.39 is 17.8 Å². The third-order valence-corrected chi connectivity index (χ3v) is 6.44. The monoisotopic (exact) mass is 535 g/mol. The number of halogens is 2. The maximum atomic E-state index is 14.2. The van der Waals surface area contributed by atoms with Crippen molar-refractivity contribution in [2.24, 2.45) is 0 Å². The van der Waals surface area contributed by atoms with Crippen molar-refractivity contribution >= 4 is 23.5 Å². The number of anilines is 1. The van der Waals surface area contributed by atoms with Crippen LogP contribution in [0.5, 0.6) is 11.5 Å². The van der Waals surface area contributed by atoms with Crippen LogP contribution in [0.4, 0.5) is 10.3 Å². The number of nitrogens with zero attached hydrogens (tertiary/aromatic N) is 4. The molecule has 1 unspecified atom stereocenters. The number of methoxy groups -OCH3 is 1. The summed E-state index contributed by atoms with van der Waals surface area (Å²) in [5.41, 5.74) is 2.65. The lowest BCUT2D eigenvalue weighted by atomic mass is 9.95. The minimum Gasteiger partial charge on any atom is -0.493 e. The number of allylic oxidation sites excluding steroid dienone is 1. The minimum atomic E-state index is -0.700. The van der Waals surface area contributed by atoms with Gasteiger partial charge in [-0.2, -0.15) is 4.68 Å². The second-order valence-corrected chi connectivity index (χ2v) is 8.88. The molecule has 9 nitrogen and oxygen atoms in total. The highest BCUT2D eigenvalue weighted by molar-refractivity contribution is 6.31. The van der Waals surface area contributed by atoms with E-state index in [-0.39, 0.29) is 23.8 Å². The maximum absolute atomic E-state index is 14.2. The maximum Gasteiger partial charge on any atom is 0.338 e. The molecule has 2 heterocycles. The van der Waals surface area contributed by atoms with Gasteiger partial charge in [-0.25, -0.2) is 9.18 Å². The fraction of sp³-hybridized carbons (Fsp3) is 0.185. The highest BCUT2D eigenvalue weighted by Crippen LogP contribution is 2.39. The van der Waals surface area contributed by atoms with Gasteiger partial charge in [0.15, 0.2) is 11.5 Å². The molecule has 11 heteroatoms. The number of rotatable bonds is 8. The molecule has 4 aromatic rings. The molecule has 0 aliphatic carbocycles. The number of hydrogen-bond acceptors (Lipinski definition) is 8. The number of esters is 1. The van der Waals surface area contributed by atoms with Crippen LogP contribution in [0.2, 0.25) is 5.02 Å². The topological polar surface area (TPSA) is 100 Å². The molecule has 1 aliphatic rings. The Balaban J connectivity index is 1.44. The minimum absolute atomic E-state index is 0.0955. The van der Waals surface area contributed by atoms with Gasteiger partial charge in [0.25, 0.3) is 0 Å². The van der Waals surface area contributed by atoms with Crippen LogP contribution < -0.4 is 14.8 Å². The smallest absolute Gasteiger partial charge is 0.338 e. The van der Waals surface area contributed by atoms with Gasteiger partial charge in [0.1, 0.15) is 25.1 Å². The number of hydrogen-bond donors (Lipinski definition) is 1. The van der Waals surface area contributed by atoms with Crippen molar-refractivity contribution in [1.82, 2.24) is 20.2 Å². The number of nitrogens with one attached hydrogen (secondary N) is 1. The zero-order chi connectivity index (χ0) is 26.6. The summed E-state index contributed by atoms with van der Waals surface area (Å²) in [7, 11) is 1.49. The first-order valence-corrected chi connectivity index (χ1v) is 12.0. The Morgan fingerprint density at radius 2 is 1.89 bits per heavy atom. The third kappa shape index (κ3) is 5.03. The van der Waals surface area contributed by atoms with Gasteiger partial charge in [-0.15, -0.1) is 0 Å². The predicted octanol–water partition coefficient (Wildman–Crippen LogP) is 5.09. The highest BCUT2D eigenvalue weighted by atomic mass is 35.5. The fourth-order valence-corrected chi connectivity index (χ4v) is 4.40. The van der Waals surface area contributed by atoms with Crippen LogP contribution in [-0.4, -0.2) is 33.3 Å². The number of fused-ring (bicyclic) bond motifs is 1. The average molecular weight is 536 g/mol. The zero-order valence-electron chi connectivity index (χ0n) is 20.5.